The van der Waals surface area contributed by atoms with E-state index >= 15 is 0 Å². The smallest absolute Gasteiger partial charge is 0.261 e. The van der Waals surface area contributed by atoms with Crippen molar-refractivity contribution in [3.05, 3.63) is 87.4 Å². The lowest BCUT2D eigenvalue weighted by atomic mass is 9.67. The molecule has 3 aromatic carbocycles. The highest BCUT2D eigenvalue weighted by Gasteiger charge is 2.60. The molecule has 3 aromatic rings. The van der Waals surface area contributed by atoms with Crippen molar-refractivity contribution >= 4 is 63.5 Å². The Balaban J connectivity index is 1.45. The number of hydrazone groups is 1. The van der Waals surface area contributed by atoms with Gasteiger partial charge in [0.25, 0.3) is 5.91 Å². The molecule has 6 rings (SSSR count). The average Bonchev–Trinajstić information content (AvgIpc) is 3.10. The minimum atomic E-state index is -0.794. The molecule has 0 unspecified atom stereocenters. The van der Waals surface area contributed by atoms with Crippen LogP contribution in [0.1, 0.15) is 12.5 Å². The van der Waals surface area contributed by atoms with E-state index < -0.39 is 5.41 Å². The molecule has 5 nitrogen and oxygen atoms in total. The van der Waals surface area contributed by atoms with E-state index in [4.69, 9.17) is 39.9 Å². The highest BCUT2D eigenvalue weighted by Crippen LogP contribution is 2.49. The Morgan fingerprint density at radius 1 is 0.886 bits per heavy atom. The summed E-state index contributed by atoms with van der Waals surface area (Å²) in [6, 6.07) is 21.0. The fourth-order valence-electron chi connectivity index (χ4n) is 5.75. The molecule has 3 heterocycles. The van der Waals surface area contributed by atoms with E-state index in [0.29, 0.717) is 33.7 Å². The van der Waals surface area contributed by atoms with Crippen molar-refractivity contribution in [3.63, 3.8) is 0 Å². The highest BCUT2D eigenvalue weighted by atomic mass is 35.5. The lowest BCUT2D eigenvalue weighted by molar-refractivity contribution is -0.125. The second-order valence-corrected chi connectivity index (χ2v) is 10.6. The summed E-state index contributed by atoms with van der Waals surface area (Å²) in [5.74, 6) is -0.0131. The number of rotatable bonds is 2. The molecular weight excluding hydrogens is 503 g/mol. The Labute approximate surface area is 219 Å². The van der Waals surface area contributed by atoms with Crippen molar-refractivity contribution in [2.75, 3.05) is 34.4 Å². The van der Waals surface area contributed by atoms with Gasteiger partial charge in [-0.1, -0.05) is 46.9 Å². The number of piperazine rings is 1. The second kappa shape index (κ2) is 8.44. The Morgan fingerprint density at radius 3 is 2.40 bits per heavy atom. The van der Waals surface area contributed by atoms with E-state index in [-0.39, 0.29) is 11.9 Å². The second-order valence-electron chi connectivity index (χ2n) is 9.34. The van der Waals surface area contributed by atoms with E-state index in [1.165, 1.54) is 0 Å². The van der Waals surface area contributed by atoms with Crippen molar-refractivity contribution in [3.8, 4) is 0 Å². The van der Waals surface area contributed by atoms with Crippen LogP contribution in [0.5, 0.6) is 0 Å². The zero-order valence-corrected chi connectivity index (χ0v) is 21.4. The zero-order chi connectivity index (χ0) is 24.3. The van der Waals surface area contributed by atoms with Gasteiger partial charge < -0.3 is 9.80 Å². The van der Waals surface area contributed by atoms with Gasteiger partial charge in [-0.25, -0.2) is 0 Å². The van der Waals surface area contributed by atoms with E-state index in [0.717, 1.165) is 35.7 Å². The zero-order valence-electron chi connectivity index (χ0n) is 19.1. The first kappa shape index (κ1) is 22.7. The SMILES string of the molecule is CC1=NN(c2ccc(Cl)cc2)C(=O)[C@]12Cc1ccc(Cl)cc1N1CCN(c3cccc(Cl)c3)C[C@@H]12. The number of carbonyl (C=O) groups excluding carboxylic acids is 1. The minimum absolute atomic E-state index is 0.0131. The van der Waals surface area contributed by atoms with Gasteiger partial charge in [0.15, 0.2) is 0 Å². The number of hydrogen-bond acceptors (Lipinski definition) is 4. The van der Waals surface area contributed by atoms with Crippen molar-refractivity contribution in [2.45, 2.75) is 19.4 Å². The number of fused-ring (bicyclic) bond motifs is 4. The quantitative estimate of drug-likeness (QED) is 0.394. The monoisotopic (exact) mass is 524 g/mol. The summed E-state index contributed by atoms with van der Waals surface area (Å²) in [6.07, 6.45) is 0.572. The molecule has 0 bridgehead atoms. The Morgan fingerprint density at radius 2 is 1.63 bits per heavy atom. The number of benzene rings is 3. The molecule has 0 aliphatic carbocycles. The third-order valence-electron chi connectivity index (χ3n) is 7.49. The van der Waals surface area contributed by atoms with Crippen LogP contribution in [0.3, 0.4) is 0 Å². The molecule has 8 heteroatoms. The number of nitrogens with zero attached hydrogens (tertiary/aromatic N) is 4. The molecule has 0 aromatic heterocycles. The number of hydrogen-bond donors (Lipinski definition) is 0. The van der Waals surface area contributed by atoms with Gasteiger partial charge in [-0.15, -0.1) is 0 Å². The minimum Gasteiger partial charge on any atom is -0.368 e. The lowest BCUT2D eigenvalue weighted by Gasteiger charge is -2.53. The average molecular weight is 526 g/mol. The van der Waals surface area contributed by atoms with Gasteiger partial charge in [-0.2, -0.15) is 10.1 Å². The lowest BCUT2D eigenvalue weighted by Crippen LogP contribution is -2.67. The van der Waals surface area contributed by atoms with Gasteiger partial charge in [0.2, 0.25) is 0 Å². The summed E-state index contributed by atoms with van der Waals surface area (Å²) in [5, 5.41) is 8.36. The Hall–Kier alpha value is -2.73. The van der Waals surface area contributed by atoms with Gasteiger partial charge in [0.05, 0.1) is 17.4 Å². The third kappa shape index (κ3) is 3.60. The molecule has 178 valence electrons. The number of amides is 1. The van der Waals surface area contributed by atoms with Crippen LogP contribution < -0.4 is 14.8 Å². The summed E-state index contributed by atoms with van der Waals surface area (Å²) < 4.78 is 0. The molecule has 2 atom stereocenters. The molecule has 0 radical (unpaired) electrons. The normalized spacial score (nSPS) is 23.4. The molecule has 3 aliphatic heterocycles. The van der Waals surface area contributed by atoms with E-state index in [1.807, 2.05) is 55.5 Å². The van der Waals surface area contributed by atoms with Crippen LogP contribution in [0.15, 0.2) is 71.8 Å². The third-order valence-corrected chi connectivity index (χ3v) is 8.21. The summed E-state index contributed by atoms with van der Waals surface area (Å²) >= 11 is 18.8. The summed E-state index contributed by atoms with van der Waals surface area (Å²) in [7, 11) is 0. The molecule has 1 spiro atoms. The van der Waals surface area contributed by atoms with Gasteiger partial charge in [0.1, 0.15) is 5.41 Å². The van der Waals surface area contributed by atoms with E-state index in [1.54, 1.807) is 17.1 Å². The Bertz CT molecular complexity index is 1360. The molecule has 1 saturated heterocycles. The van der Waals surface area contributed by atoms with Crippen LogP contribution in [0, 0.1) is 5.41 Å². The molecular formula is C27H23Cl3N4O. The molecule has 3 aliphatic rings. The van der Waals surface area contributed by atoms with Crippen molar-refractivity contribution < 1.29 is 4.79 Å². The molecule has 1 amide bonds. The van der Waals surface area contributed by atoms with Gasteiger partial charge in [-0.05, 0) is 73.5 Å². The maximum Gasteiger partial charge on any atom is 0.261 e. The fraction of sp³-hybridized carbons (Fsp3) is 0.259. The number of anilines is 3. The van der Waals surface area contributed by atoms with Crippen LogP contribution >= 0.6 is 34.8 Å². The summed E-state index contributed by atoms with van der Waals surface area (Å²) in [5.41, 5.74) is 4.01. The summed E-state index contributed by atoms with van der Waals surface area (Å²) in [6.45, 7) is 4.21. The Kier molecular flexibility index (Phi) is 5.48. The predicted octanol–water partition coefficient (Wildman–Crippen LogP) is 6.31. The molecule has 1 fully saturated rings. The molecule has 0 saturated carbocycles. The highest BCUT2D eigenvalue weighted by molar-refractivity contribution is 6.31. The topological polar surface area (TPSA) is 39.2 Å². The standard InChI is InChI=1S/C27H23Cl3N4O/c1-17-27(26(35)34(31-17)22-9-7-19(28)8-10-22)15-18-5-6-21(30)14-24(18)33-12-11-32(16-25(27)33)23-4-2-3-20(29)13-23/h2-10,13-14,25H,11-12,15-16H2,1H3/t25-,27-/m1/s1. The number of carbonyl (C=O) groups is 1. The first-order valence-electron chi connectivity index (χ1n) is 11.6. The van der Waals surface area contributed by atoms with Crippen LogP contribution in [0.4, 0.5) is 17.1 Å². The van der Waals surface area contributed by atoms with Crippen molar-refractivity contribution in [2.24, 2.45) is 10.5 Å². The van der Waals surface area contributed by atoms with E-state index in [2.05, 4.69) is 15.9 Å². The predicted molar refractivity (Wildman–Crippen MR) is 144 cm³/mol. The van der Waals surface area contributed by atoms with Gasteiger partial charge in [0, 0.05) is 46.1 Å². The number of halogens is 3. The van der Waals surface area contributed by atoms with Crippen LogP contribution in [-0.2, 0) is 11.2 Å². The van der Waals surface area contributed by atoms with Crippen LogP contribution in [0.2, 0.25) is 15.1 Å². The maximum absolute atomic E-state index is 14.3. The first-order chi connectivity index (χ1) is 16.9. The van der Waals surface area contributed by atoms with E-state index in [9.17, 15) is 4.79 Å². The van der Waals surface area contributed by atoms with Crippen LogP contribution in [-0.4, -0.2) is 37.3 Å². The van der Waals surface area contributed by atoms with Gasteiger partial charge >= 0.3 is 0 Å². The fourth-order valence-corrected chi connectivity index (χ4v) is 6.22. The van der Waals surface area contributed by atoms with Gasteiger partial charge in [-0.3, -0.25) is 4.79 Å². The first-order valence-corrected chi connectivity index (χ1v) is 12.7. The van der Waals surface area contributed by atoms with Crippen molar-refractivity contribution in [1.29, 1.82) is 0 Å². The van der Waals surface area contributed by atoms with Crippen molar-refractivity contribution in [1.82, 2.24) is 0 Å². The molecule has 35 heavy (non-hydrogen) atoms. The maximum atomic E-state index is 14.3. The molecule has 0 N–H and O–H groups in total. The largest absolute Gasteiger partial charge is 0.368 e. The van der Waals surface area contributed by atoms with Crippen LogP contribution in [0.25, 0.3) is 0 Å². The summed E-state index contributed by atoms with van der Waals surface area (Å²) in [4.78, 5) is 19.0.